The number of methoxy groups -OCH3 is 1. The number of amides is 1. The Bertz CT molecular complexity index is 826. The summed E-state index contributed by atoms with van der Waals surface area (Å²) in [7, 11) is -0.566. The average molecular weight is 414 g/mol. The van der Waals surface area contributed by atoms with Gasteiger partial charge in [0.2, 0.25) is 0 Å². The lowest BCUT2D eigenvalue weighted by Crippen LogP contribution is -2.43. The number of anilines is 1. The van der Waals surface area contributed by atoms with Gasteiger partial charge in [-0.05, 0) is 54.5 Å². The van der Waals surface area contributed by atoms with Gasteiger partial charge in [-0.25, -0.2) is 4.79 Å². The molecule has 0 N–H and O–H groups in total. The first-order valence-electron chi connectivity index (χ1n) is 9.76. The van der Waals surface area contributed by atoms with E-state index in [1.807, 2.05) is 30.3 Å². The summed E-state index contributed by atoms with van der Waals surface area (Å²) in [6.45, 7) is 11.9. The van der Waals surface area contributed by atoms with Gasteiger partial charge in [0, 0.05) is 17.8 Å². The zero-order chi connectivity index (χ0) is 21.7. The lowest BCUT2D eigenvalue weighted by atomic mass is 10.1. The van der Waals surface area contributed by atoms with Crippen LogP contribution in [-0.4, -0.2) is 40.5 Å². The molecule has 0 saturated heterocycles. The van der Waals surface area contributed by atoms with Crippen molar-refractivity contribution in [3.05, 3.63) is 65.7 Å². The molecule has 0 aliphatic heterocycles. The van der Waals surface area contributed by atoms with Crippen molar-refractivity contribution in [1.29, 1.82) is 0 Å². The average Bonchev–Trinajstić information content (AvgIpc) is 2.70. The van der Waals surface area contributed by atoms with Gasteiger partial charge < -0.3 is 14.1 Å². The van der Waals surface area contributed by atoms with Crippen molar-refractivity contribution in [3.8, 4) is 0 Å². The number of para-hydroxylation sites is 1. The highest BCUT2D eigenvalue weighted by molar-refractivity contribution is 6.74. The van der Waals surface area contributed by atoms with Crippen molar-refractivity contribution >= 4 is 25.9 Å². The van der Waals surface area contributed by atoms with E-state index in [-0.39, 0.29) is 10.9 Å². The summed E-state index contributed by atoms with van der Waals surface area (Å²) in [5.41, 5.74) is 1.73. The van der Waals surface area contributed by atoms with Gasteiger partial charge in [-0.15, -0.1) is 0 Å². The lowest BCUT2D eigenvalue weighted by molar-refractivity contribution is 0.0600. The second kappa shape index (κ2) is 9.37. The molecule has 1 amide bonds. The van der Waals surface area contributed by atoms with Crippen molar-refractivity contribution in [2.24, 2.45) is 0 Å². The maximum atomic E-state index is 13.2. The zero-order valence-corrected chi connectivity index (χ0v) is 19.2. The molecule has 29 heavy (non-hydrogen) atoms. The van der Waals surface area contributed by atoms with Crippen LogP contribution in [0.2, 0.25) is 18.1 Å². The molecule has 0 bridgehead atoms. The van der Waals surface area contributed by atoms with Crippen LogP contribution in [0, 0.1) is 0 Å². The maximum absolute atomic E-state index is 13.2. The van der Waals surface area contributed by atoms with Crippen LogP contribution in [0.15, 0.2) is 54.6 Å². The molecule has 0 aromatic heterocycles. The number of rotatable bonds is 7. The molecule has 0 aliphatic carbocycles. The molecule has 2 aromatic carbocycles. The summed E-state index contributed by atoms with van der Waals surface area (Å²) >= 11 is 0. The van der Waals surface area contributed by atoms with Gasteiger partial charge >= 0.3 is 5.97 Å². The fourth-order valence-electron chi connectivity index (χ4n) is 2.59. The Morgan fingerprint density at radius 3 is 2.00 bits per heavy atom. The van der Waals surface area contributed by atoms with Crippen molar-refractivity contribution in [1.82, 2.24) is 0 Å². The van der Waals surface area contributed by atoms with Crippen LogP contribution < -0.4 is 4.90 Å². The topological polar surface area (TPSA) is 55.8 Å². The molecule has 0 aliphatic rings. The molecule has 0 atom stereocenters. The van der Waals surface area contributed by atoms with E-state index < -0.39 is 14.3 Å². The molecule has 5 nitrogen and oxygen atoms in total. The van der Waals surface area contributed by atoms with E-state index in [9.17, 15) is 9.59 Å². The molecule has 2 rings (SSSR count). The van der Waals surface area contributed by atoms with Crippen LogP contribution in [0.3, 0.4) is 0 Å². The third-order valence-electron chi connectivity index (χ3n) is 5.45. The predicted octanol–water partition coefficient (Wildman–Crippen LogP) is 5.14. The third-order valence-corrected chi connectivity index (χ3v) is 9.99. The number of benzene rings is 2. The Hall–Kier alpha value is -2.44. The van der Waals surface area contributed by atoms with E-state index in [2.05, 4.69) is 33.9 Å². The Morgan fingerprint density at radius 2 is 1.48 bits per heavy atom. The Labute approximate surface area is 174 Å². The summed E-state index contributed by atoms with van der Waals surface area (Å²) in [4.78, 5) is 26.6. The van der Waals surface area contributed by atoms with E-state index in [0.717, 1.165) is 5.69 Å². The number of esters is 1. The number of ether oxygens (including phenoxy) is 1. The highest BCUT2D eigenvalue weighted by atomic mass is 28.4. The summed E-state index contributed by atoms with van der Waals surface area (Å²) in [5.74, 6) is -0.557. The van der Waals surface area contributed by atoms with Gasteiger partial charge in [0.1, 0.15) is 0 Å². The van der Waals surface area contributed by atoms with Gasteiger partial charge in [-0.1, -0.05) is 39.0 Å². The molecular weight excluding hydrogens is 382 g/mol. The van der Waals surface area contributed by atoms with Gasteiger partial charge in [0.05, 0.1) is 19.3 Å². The highest BCUT2D eigenvalue weighted by Crippen LogP contribution is 2.36. The quantitative estimate of drug-likeness (QED) is 0.466. The number of hydrogen-bond donors (Lipinski definition) is 0. The Morgan fingerprint density at radius 1 is 0.931 bits per heavy atom. The van der Waals surface area contributed by atoms with Crippen LogP contribution in [0.5, 0.6) is 0 Å². The molecule has 0 heterocycles. The summed E-state index contributed by atoms with van der Waals surface area (Å²) in [6.07, 6.45) is 0. The van der Waals surface area contributed by atoms with E-state index in [1.54, 1.807) is 29.2 Å². The van der Waals surface area contributed by atoms with Crippen molar-refractivity contribution < 1.29 is 18.8 Å². The van der Waals surface area contributed by atoms with Crippen LogP contribution in [0.4, 0.5) is 5.69 Å². The van der Waals surface area contributed by atoms with Gasteiger partial charge in [0.25, 0.3) is 5.91 Å². The van der Waals surface area contributed by atoms with E-state index in [4.69, 9.17) is 9.16 Å². The largest absolute Gasteiger partial charge is 0.465 e. The number of carbonyl (C=O) groups is 2. The van der Waals surface area contributed by atoms with Crippen LogP contribution >= 0.6 is 0 Å². The second-order valence-electron chi connectivity index (χ2n) is 8.47. The van der Waals surface area contributed by atoms with Gasteiger partial charge in [-0.3, -0.25) is 4.79 Å². The maximum Gasteiger partial charge on any atom is 0.337 e. The molecular formula is C23H31NO4Si. The molecule has 6 heteroatoms. The SMILES string of the molecule is COC(=O)c1ccc(C(=O)N(CCO[Si](C)(C)C(C)(C)C)c2ccccc2)cc1. The first kappa shape index (κ1) is 22.8. The first-order chi connectivity index (χ1) is 13.6. The Balaban J connectivity index is 2.20. The predicted molar refractivity (Wildman–Crippen MR) is 119 cm³/mol. The van der Waals surface area contributed by atoms with E-state index >= 15 is 0 Å². The molecule has 2 aromatic rings. The fraction of sp³-hybridized carbons (Fsp3) is 0.391. The van der Waals surface area contributed by atoms with Crippen molar-refractivity contribution in [2.75, 3.05) is 25.2 Å². The normalized spacial score (nSPS) is 11.8. The van der Waals surface area contributed by atoms with E-state index in [0.29, 0.717) is 24.3 Å². The number of nitrogens with zero attached hydrogens (tertiary/aromatic N) is 1. The molecule has 156 valence electrons. The third kappa shape index (κ3) is 5.77. The van der Waals surface area contributed by atoms with E-state index in [1.165, 1.54) is 7.11 Å². The minimum absolute atomic E-state index is 0.109. The minimum Gasteiger partial charge on any atom is -0.465 e. The standard InChI is InChI=1S/C23H31NO4Si/c1-23(2,3)29(5,6)28-17-16-24(20-10-8-7-9-11-20)21(25)18-12-14-19(15-13-18)22(26)27-4/h7-15H,16-17H2,1-6H3. The molecule has 0 saturated carbocycles. The molecule has 0 spiro atoms. The second-order valence-corrected chi connectivity index (χ2v) is 13.3. The lowest BCUT2D eigenvalue weighted by Gasteiger charge is -2.36. The summed E-state index contributed by atoms with van der Waals surface area (Å²) in [6, 6.07) is 16.1. The zero-order valence-electron chi connectivity index (χ0n) is 18.2. The highest BCUT2D eigenvalue weighted by Gasteiger charge is 2.37. The minimum atomic E-state index is -1.90. The smallest absolute Gasteiger partial charge is 0.337 e. The first-order valence-corrected chi connectivity index (χ1v) is 12.7. The summed E-state index contributed by atoms with van der Waals surface area (Å²) in [5, 5.41) is 0.109. The van der Waals surface area contributed by atoms with Crippen LogP contribution in [0.1, 0.15) is 41.5 Å². The summed E-state index contributed by atoms with van der Waals surface area (Å²) < 4.78 is 11.0. The van der Waals surface area contributed by atoms with Gasteiger partial charge in [0.15, 0.2) is 8.32 Å². The van der Waals surface area contributed by atoms with Gasteiger partial charge in [-0.2, -0.15) is 0 Å². The van der Waals surface area contributed by atoms with Crippen LogP contribution in [0.25, 0.3) is 0 Å². The molecule has 0 unspecified atom stereocenters. The van der Waals surface area contributed by atoms with Crippen molar-refractivity contribution in [3.63, 3.8) is 0 Å². The number of hydrogen-bond acceptors (Lipinski definition) is 4. The monoisotopic (exact) mass is 413 g/mol. The van der Waals surface area contributed by atoms with Crippen LogP contribution in [-0.2, 0) is 9.16 Å². The number of carbonyl (C=O) groups excluding carboxylic acids is 2. The molecule has 0 fully saturated rings. The van der Waals surface area contributed by atoms with Crippen molar-refractivity contribution in [2.45, 2.75) is 38.9 Å². The molecule has 0 radical (unpaired) electrons. The Kier molecular flexibility index (Phi) is 7.38. The fourth-order valence-corrected chi connectivity index (χ4v) is 3.62.